The first kappa shape index (κ1) is 26.5. The Balaban J connectivity index is 1.48. The van der Waals surface area contributed by atoms with E-state index < -0.39 is 5.54 Å². The molecule has 198 valence electrons. The van der Waals surface area contributed by atoms with E-state index in [0.29, 0.717) is 51.6 Å². The molecule has 37 heavy (non-hydrogen) atoms. The molecule has 2 aliphatic heterocycles. The highest BCUT2D eigenvalue weighted by Gasteiger charge is 2.54. The zero-order chi connectivity index (χ0) is 26.6. The molecule has 0 radical (unpaired) electrons. The Morgan fingerprint density at radius 1 is 0.973 bits per heavy atom. The number of likely N-dealkylation sites (tertiary alicyclic amines) is 1. The first-order valence-corrected chi connectivity index (χ1v) is 13.3. The van der Waals surface area contributed by atoms with Gasteiger partial charge in [-0.2, -0.15) is 0 Å². The molecule has 1 N–H and O–H groups in total. The number of carbonyl (C=O) groups is 3. The third-order valence-corrected chi connectivity index (χ3v) is 7.73. The number of nitrogens with zero attached hydrogens (tertiary/aromatic N) is 4. The third kappa shape index (κ3) is 5.43. The molecule has 0 bridgehead atoms. The Labute approximate surface area is 220 Å². The Morgan fingerprint density at radius 3 is 2.16 bits per heavy atom. The van der Waals surface area contributed by atoms with Crippen LogP contribution in [0.4, 0.5) is 16.2 Å². The number of para-hydroxylation sites is 1. The number of urea groups is 1. The molecule has 2 saturated heterocycles. The number of benzene rings is 2. The summed E-state index contributed by atoms with van der Waals surface area (Å²) >= 11 is 0. The number of carbonyl (C=O) groups excluding carboxylic acids is 3. The maximum absolute atomic E-state index is 13.8. The quantitative estimate of drug-likeness (QED) is 0.607. The molecule has 0 aliphatic carbocycles. The standard InChI is InChI=1S/C29H39N5O3/c1-5-31(6-2)26(35)20-33-21-34(25-10-8-7-9-11-25)29(27(33)36)16-18-32(19-17-29)28(37)30-24-14-12-23(13-15-24)22(3)4/h7-15,22H,5-6,16-21H2,1-4H3,(H,30,37). The van der Waals surface area contributed by atoms with Crippen molar-refractivity contribution in [2.45, 2.75) is 52.0 Å². The van der Waals surface area contributed by atoms with Gasteiger partial charge in [-0.15, -0.1) is 0 Å². The van der Waals surface area contributed by atoms with Gasteiger partial charge in [-0.3, -0.25) is 9.59 Å². The van der Waals surface area contributed by atoms with Crippen molar-refractivity contribution in [2.75, 3.05) is 49.6 Å². The number of rotatable bonds is 7. The van der Waals surface area contributed by atoms with Crippen LogP contribution in [0, 0.1) is 0 Å². The summed E-state index contributed by atoms with van der Waals surface area (Å²) in [5.74, 6) is 0.367. The van der Waals surface area contributed by atoms with Crippen molar-refractivity contribution < 1.29 is 14.4 Å². The second kappa shape index (κ2) is 11.2. The Kier molecular flexibility index (Phi) is 8.05. The molecule has 4 rings (SSSR count). The number of nitrogens with one attached hydrogen (secondary N) is 1. The molecular formula is C29H39N5O3. The van der Waals surface area contributed by atoms with E-state index >= 15 is 0 Å². The van der Waals surface area contributed by atoms with Gasteiger partial charge in [0.1, 0.15) is 12.1 Å². The van der Waals surface area contributed by atoms with E-state index in [-0.39, 0.29) is 24.4 Å². The lowest BCUT2D eigenvalue weighted by molar-refractivity contribution is -0.140. The minimum Gasteiger partial charge on any atom is -0.342 e. The average Bonchev–Trinajstić information content (AvgIpc) is 3.16. The topological polar surface area (TPSA) is 76.2 Å². The first-order valence-electron chi connectivity index (χ1n) is 13.3. The largest absolute Gasteiger partial charge is 0.342 e. The smallest absolute Gasteiger partial charge is 0.321 e. The van der Waals surface area contributed by atoms with Gasteiger partial charge >= 0.3 is 6.03 Å². The monoisotopic (exact) mass is 505 g/mol. The Morgan fingerprint density at radius 2 is 1.59 bits per heavy atom. The summed E-state index contributed by atoms with van der Waals surface area (Å²) in [6.07, 6.45) is 1.02. The van der Waals surface area contributed by atoms with E-state index in [2.05, 4.69) is 24.1 Å². The number of hydrogen-bond donors (Lipinski definition) is 1. The summed E-state index contributed by atoms with van der Waals surface area (Å²) < 4.78 is 0. The molecule has 1 spiro atoms. The molecule has 2 aromatic carbocycles. The minimum absolute atomic E-state index is 0.0267. The fourth-order valence-electron chi connectivity index (χ4n) is 5.40. The highest BCUT2D eigenvalue weighted by atomic mass is 16.2. The van der Waals surface area contributed by atoms with Crippen LogP contribution in [0.25, 0.3) is 0 Å². The summed E-state index contributed by atoms with van der Waals surface area (Å²) in [6.45, 7) is 10.8. The molecule has 0 atom stereocenters. The number of likely N-dealkylation sites (N-methyl/N-ethyl adjacent to an activating group) is 1. The highest BCUT2D eigenvalue weighted by molar-refractivity contribution is 5.97. The predicted octanol–water partition coefficient (Wildman–Crippen LogP) is 4.35. The fraction of sp³-hybridized carbons (Fsp3) is 0.483. The molecule has 0 aromatic heterocycles. The van der Waals surface area contributed by atoms with Gasteiger partial charge in [0.2, 0.25) is 5.91 Å². The number of anilines is 2. The second-order valence-corrected chi connectivity index (χ2v) is 10.2. The van der Waals surface area contributed by atoms with E-state index in [1.807, 2.05) is 68.4 Å². The van der Waals surface area contributed by atoms with Crippen LogP contribution < -0.4 is 10.2 Å². The molecule has 8 heteroatoms. The zero-order valence-corrected chi connectivity index (χ0v) is 22.4. The lowest BCUT2D eigenvalue weighted by Gasteiger charge is -2.43. The van der Waals surface area contributed by atoms with Crippen molar-refractivity contribution in [3.8, 4) is 0 Å². The SMILES string of the molecule is CCN(CC)C(=O)CN1CN(c2ccccc2)C2(CCN(C(=O)Nc3ccc(C(C)C)cc3)CC2)C1=O. The van der Waals surface area contributed by atoms with E-state index in [4.69, 9.17) is 0 Å². The van der Waals surface area contributed by atoms with E-state index in [9.17, 15) is 14.4 Å². The van der Waals surface area contributed by atoms with Gasteiger partial charge in [-0.1, -0.05) is 44.2 Å². The van der Waals surface area contributed by atoms with Crippen LogP contribution in [0.5, 0.6) is 0 Å². The summed E-state index contributed by atoms with van der Waals surface area (Å²) in [4.78, 5) is 47.1. The third-order valence-electron chi connectivity index (χ3n) is 7.73. The van der Waals surface area contributed by atoms with E-state index in [1.54, 1.807) is 14.7 Å². The lowest BCUT2D eigenvalue weighted by atomic mass is 9.85. The van der Waals surface area contributed by atoms with Gasteiger partial charge in [-0.05, 0) is 62.4 Å². The molecule has 2 aromatic rings. The molecule has 8 nitrogen and oxygen atoms in total. The molecule has 0 saturated carbocycles. The van der Waals surface area contributed by atoms with Crippen LogP contribution >= 0.6 is 0 Å². The highest BCUT2D eigenvalue weighted by Crippen LogP contribution is 2.39. The molecule has 2 heterocycles. The van der Waals surface area contributed by atoms with Gasteiger partial charge in [0, 0.05) is 37.6 Å². The van der Waals surface area contributed by atoms with Crippen molar-refractivity contribution in [1.82, 2.24) is 14.7 Å². The summed E-state index contributed by atoms with van der Waals surface area (Å²) in [7, 11) is 0. The summed E-state index contributed by atoms with van der Waals surface area (Å²) in [5, 5.41) is 3.00. The van der Waals surface area contributed by atoms with Crippen molar-refractivity contribution in [3.05, 3.63) is 60.2 Å². The minimum atomic E-state index is -0.763. The van der Waals surface area contributed by atoms with Crippen LogP contribution in [-0.4, -0.2) is 77.5 Å². The van der Waals surface area contributed by atoms with Gasteiger partial charge in [0.05, 0.1) is 6.67 Å². The molecule has 0 unspecified atom stereocenters. The maximum atomic E-state index is 13.8. The van der Waals surface area contributed by atoms with Crippen molar-refractivity contribution >= 4 is 29.2 Å². The molecule has 2 fully saturated rings. The van der Waals surface area contributed by atoms with Crippen molar-refractivity contribution in [1.29, 1.82) is 0 Å². The normalized spacial score (nSPS) is 17.0. The van der Waals surface area contributed by atoms with Gasteiger partial charge in [-0.25, -0.2) is 4.79 Å². The Bertz CT molecular complexity index is 1090. The summed E-state index contributed by atoms with van der Waals surface area (Å²) in [5.41, 5.74) is 2.18. The molecular weight excluding hydrogens is 466 g/mol. The van der Waals surface area contributed by atoms with Gasteiger partial charge in [0.15, 0.2) is 0 Å². The predicted molar refractivity (Wildman–Crippen MR) is 147 cm³/mol. The van der Waals surface area contributed by atoms with Crippen LogP contribution in [0.15, 0.2) is 54.6 Å². The summed E-state index contributed by atoms with van der Waals surface area (Å²) in [6, 6.07) is 17.7. The van der Waals surface area contributed by atoms with Crippen LogP contribution in [0.1, 0.15) is 52.0 Å². The van der Waals surface area contributed by atoms with Crippen LogP contribution in [-0.2, 0) is 9.59 Å². The maximum Gasteiger partial charge on any atom is 0.321 e. The first-order chi connectivity index (χ1) is 17.8. The van der Waals surface area contributed by atoms with Crippen LogP contribution in [0.3, 0.4) is 0 Å². The van der Waals surface area contributed by atoms with Crippen molar-refractivity contribution in [2.24, 2.45) is 0 Å². The fourth-order valence-corrected chi connectivity index (χ4v) is 5.40. The Hall–Kier alpha value is -3.55. The number of piperidine rings is 1. The van der Waals surface area contributed by atoms with Gasteiger partial charge < -0.3 is 24.9 Å². The zero-order valence-electron chi connectivity index (χ0n) is 22.4. The molecule has 2 aliphatic rings. The lowest BCUT2D eigenvalue weighted by Crippen LogP contribution is -2.58. The number of hydrogen-bond acceptors (Lipinski definition) is 4. The average molecular weight is 506 g/mol. The van der Waals surface area contributed by atoms with E-state index in [0.717, 1.165) is 11.4 Å². The second-order valence-electron chi connectivity index (χ2n) is 10.2. The van der Waals surface area contributed by atoms with Crippen molar-refractivity contribution in [3.63, 3.8) is 0 Å². The van der Waals surface area contributed by atoms with Gasteiger partial charge in [0.25, 0.3) is 5.91 Å². The van der Waals surface area contributed by atoms with E-state index in [1.165, 1.54) is 5.56 Å². The van der Waals surface area contributed by atoms with Crippen LogP contribution in [0.2, 0.25) is 0 Å². The number of amides is 4. The molecule has 4 amide bonds.